The number of hydrogen-bond donors (Lipinski definition) is 4. The Morgan fingerprint density at radius 2 is 1.81 bits per heavy atom. The normalized spacial score (nSPS) is 19.8. The van der Waals surface area contributed by atoms with Crippen LogP contribution < -0.4 is 0 Å². The second-order valence-electron chi connectivity index (χ2n) is 2.84. The van der Waals surface area contributed by atoms with E-state index < -0.39 is 41.4 Å². The first-order chi connectivity index (χ1) is 7.22. The fourth-order valence-electron chi connectivity index (χ4n) is 0.863. The molecule has 0 aromatic carbocycles. The lowest BCUT2D eigenvalue weighted by molar-refractivity contribution is -0.133. The molecule has 4 N–H and O–H groups in total. The minimum Gasteiger partial charge on any atom is -0.726 e. The number of hydrogen-bond acceptors (Lipinski definition) is 9. The molecule has 0 saturated carbocycles. The summed E-state index contributed by atoms with van der Waals surface area (Å²) in [6.45, 7) is -1.04. The molecular weight excluding hydrogens is 248 g/mol. The van der Waals surface area contributed by atoms with Gasteiger partial charge >= 0.3 is 0 Å². The van der Waals surface area contributed by atoms with Gasteiger partial charge in [-0.3, -0.25) is 4.18 Å². The van der Waals surface area contributed by atoms with Gasteiger partial charge < -0.3 is 29.8 Å². The molecule has 0 aromatic heterocycles. The molecule has 0 radical (unpaired) electrons. The van der Waals surface area contributed by atoms with Crippen LogP contribution in [0.5, 0.6) is 0 Å². The van der Waals surface area contributed by atoms with E-state index in [1.807, 2.05) is 0 Å². The fourth-order valence-corrected chi connectivity index (χ4v) is 1.38. The molecule has 0 aliphatic heterocycles. The van der Waals surface area contributed by atoms with Crippen LogP contribution in [0.1, 0.15) is 0 Å². The SMILES string of the molecule is O=CC(O)C(O)C(OS(=O)(=O)[O-])C(O)CO. The summed E-state index contributed by atoms with van der Waals surface area (Å²) in [6.07, 6.45) is -8.46. The maximum atomic E-state index is 10.2. The molecule has 9 nitrogen and oxygen atoms in total. The highest BCUT2D eigenvalue weighted by Crippen LogP contribution is 2.11. The van der Waals surface area contributed by atoms with Crippen LogP contribution in [0.3, 0.4) is 0 Å². The molecule has 4 atom stereocenters. The molecule has 0 fully saturated rings. The number of carbonyl (C=O) groups excluding carboxylic acids is 1. The Balaban J connectivity index is 4.86. The number of aliphatic hydroxyl groups is 4. The summed E-state index contributed by atoms with van der Waals surface area (Å²) in [5.74, 6) is 0. The van der Waals surface area contributed by atoms with E-state index in [4.69, 9.17) is 20.4 Å². The highest BCUT2D eigenvalue weighted by atomic mass is 32.3. The van der Waals surface area contributed by atoms with Crippen molar-refractivity contribution >= 4 is 16.7 Å². The topological polar surface area (TPSA) is 164 Å². The van der Waals surface area contributed by atoms with Gasteiger partial charge in [-0.05, 0) is 0 Å². The zero-order chi connectivity index (χ0) is 12.9. The van der Waals surface area contributed by atoms with Crippen LogP contribution in [0.2, 0.25) is 0 Å². The third-order valence-corrected chi connectivity index (χ3v) is 2.08. The van der Waals surface area contributed by atoms with Crippen molar-refractivity contribution in [3.8, 4) is 0 Å². The number of carbonyl (C=O) groups is 1. The summed E-state index contributed by atoms with van der Waals surface area (Å²) in [5, 5.41) is 35.5. The van der Waals surface area contributed by atoms with Gasteiger partial charge in [0.15, 0.2) is 6.29 Å². The molecule has 0 aromatic rings. The highest BCUT2D eigenvalue weighted by Gasteiger charge is 2.34. The Kier molecular flexibility index (Phi) is 5.96. The first-order valence-corrected chi connectivity index (χ1v) is 5.30. The minimum atomic E-state index is -5.27. The lowest BCUT2D eigenvalue weighted by atomic mass is 10.0. The van der Waals surface area contributed by atoms with Gasteiger partial charge in [-0.2, -0.15) is 0 Å². The van der Waals surface area contributed by atoms with E-state index >= 15 is 0 Å². The molecule has 0 bridgehead atoms. The van der Waals surface area contributed by atoms with Crippen LogP contribution in [0.4, 0.5) is 0 Å². The maximum absolute atomic E-state index is 10.2. The number of aldehydes is 1. The Morgan fingerprint density at radius 3 is 2.12 bits per heavy atom. The van der Waals surface area contributed by atoms with Gasteiger partial charge in [-0.25, -0.2) is 8.42 Å². The van der Waals surface area contributed by atoms with E-state index in [1.54, 1.807) is 0 Å². The van der Waals surface area contributed by atoms with Crippen molar-refractivity contribution in [2.24, 2.45) is 0 Å². The lowest BCUT2D eigenvalue weighted by Crippen LogP contribution is -2.48. The van der Waals surface area contributed by atoms with E-state index in [0.29, 0.717) is 0 Å². The van der Waals surface area contributed by atoms with Crippen LogP contribution in [0, 0.1) is 0 Å². The molecule has 16 heavy (non-hydrogen) atoms. The summed E-state index contributed by atoms with van der Waals surface area (Å²) < 4.78 is 34.4. The van der Waals surface area contributed by atoms with E-state index in [2.05, 4.69) is 4.18 Å². The predicted molar refractivity (Wildman–Crippen MR) is 45.7 cm³/mol. The third kappa shape index (κ3) is 4.94. The Hall–Kier alpha value is -0.620. The van der Waals surface area contributed by atoms with Gasteiger partial charge in [0, 0.05) is 0 Å². The van der Waals surface area contributed by atoms with Gasteiger partial charge in [0.25, 0.3) is 0 Å². The summed E-state index contributed by atoms with van der Waals surface area (Å²) in [4.78, 5) is 10.1. The van der Waals surface area contributed by atoms with Crippen molar-refractivity contribution in [2.75, 3.05) is 6.61 Å². The lowest BCUT2D eigenvalue weighted by Gasteiger charge is -2.28. The van der Waals surface area contributed by atoms with Gasteiger partial charge in [0.05, 0.1) is 6.61 Å². The molecular formula is C6H11O9S-. The van der Waals surface area contributed by atoms with E-state index in [9.17, 15) is 17.8 Å². The zero-order valence-electron chi connectivity index (χ0n) is 7.83. The van der Waals surface area contributed by atoms with Gasteiger partial charge in [-0.15, -0.1) is 0 Å². The van der Waals surface area contributed by atoms with Crippen molar-refractivity contribution in [2.45, 2.75) is 24.4 Å². The van der Waals surface area contributed by atoms with E-state index in [0.717, 1.165) is 0 Å². The Labute approximate surface area is 90.9 Å². The largest absolute Gasteiger partial charge is 0.726 e. The Bertz CT molecular complexity index is 312. The van der Waals surface area contributed by atoms with Crippen LogP contribution in [0.25, 0.3) is 0 Å². The molecule has 4 unspecified atom stereocenters. The summed E-state index contributed by atoms with van der Waals surface area (Å²) >= 11 is 0. The molecule has 0 spiro atoms. The summed E-state index contributed by atoms with van der Waals surface area (Å²) in [5.41, 5.74) is 0. The second-order valence-corrected chi connectivity index (χ2v) is 3.85. The quantitative estimate of drug-likeness (QED) is 0.203. The van der Waals surface area contributed by atoms with E-state index in [-0.39, 0.29) is 6.29 Å². The molecule has 0 amide bonds. The number of rotatable bonds is 7. The standard InChI is InChI=1S/C6H12O9S/c7-1-3(9)5(11)6(4(10)2-8)15-16(12,13)14/h1,3-6,8-11H,2H2,(H,12,13,14)/p-1. The van der Waals surface area contributed by atoms with Crippen LogP contribution in [-0.2, 0) is 19.4 Å². The van der Waals surface area contributed by atoms with Crippen molar-refractivity contribution in [3.05, 3.63) is 0 Å². The summed E-state index contributed by atoms with van der Waals surface area (Å²) in [6, 6.07) is 0. The first-order valence-electron chi connectivity index (χ1n) is 3.97. The molecule has 0 aliphatic carbocycles. The van der Waals surface area contributed by atoms with Crippen LogP contribution >= 0.6 is 0 Å². The number of aliphatic hydroxyl groups excluding tert-OH is 4. The Morgan fingerprint density at radius 1 is 1.31 bits per heavy atom. The van der Waals surface area contributed by atoms with Crippen LogP contribution in [0.15, 0.2) is 0 Å². The van der Waals surface area contributed by atoms with E-state index in [1.165, 1.54) is 0 Å². The molecule has 10 heteroatoms. The average Bonchev–Trinajstić information content (AvgIpc) is 2.21. The fraction of sp³-hybridized carbons (Fsp3) is 0.833. The molecule has 0 heterocycles. The maximum Gasteiger partial charge on any atom is 0.218 e. The molecule has 0 rings (SSSR count). The van der Waals surface area contributed by atoms with Crippen molar-refractivity contribution in [3.63, 3.8) is 0 Å². The molecule has 96 valence electrons. The minimum absolute atomic E-state index is 0.150. The first kappa shape index (κ1) is 15.4. The van der Waals surface area contributed by atoms with Gasteiger partial charge in [0.1, 0.15) is 24.4 Å². The van der Waals surface area contributed by atoms with Crippen molar-refractivity contribution in [1.82, 2.24) is 0 Å². The van der Waals surface area contributed by atoms with Crippen molar-refractivity contribution < 1.29 is 42.4 Å². The zero-order valence-corrected chi connectivity index (χ0v) is 8.65. The van der Waals surface area contributed by atoms with Gasteiger partial charge in [0.2, 0.25) is 10.4 Å². The monoisotopic (exact) mass is 259 g/mol. The van der Waals surface area contributed by atoms with Crippen LogP contribution in [-0.4, -0.2) is 70.7 Å². The average molecular weight is 259 g/mol. The van der Waals surface area contributed by atoms with Gasteiger partial charge in [-0.1, -0.05) is 0 Å². The molecule has 0 saturated heterocycles. The second kappa shape index (κ2) is 6.20. The molecule has 0 aliphatic rings. The highest BCUT2D eigenvalue weighted by molar-refractivity contribution is 7.80. The third-order valence-electron chi connectivity index (χ3n) is 1.62. The smallest absolute Gasteiger partial charge is 0.218 e. The predicted octanol–water partition coefficient (Wildman–Crippen LogP) is -3.89. The summed E-state index contributed by atoms with van der Waals surface area (Å²) in [7, 11) is -5.27. The van der Waals surface area contributed by atoms with Crippen molar-refractivity contribution in [1.29, 1.82) is 0 Å².